The molecule has 0 spiro atoms. The average molecular weight is 346 g/mol. The van der Waals surface area contributed by atoms with Crippen molar-refractivity contribution in [3.63, 3.8) is 0 Å². The number of carbonyl (C=O) groups is 2. The summed E-state index contributed by atoms with van der Waals surface area (Å²) in [6, 6.07) is 5.58. The van der Waals surface area contributed by atoms with E-state index in [0.29, 0.717) is 0 Å². The van der Waals surface area contributed by atoms with Gasteiger partial charge in [0.2, 0.25) is 11.8 Å². The lowest BCUT2D eigenvalue weighted by Gasteiger charge is -2.34. The molecule has 0 bridgehead atoms. The number of hydrogen-bond donors (Lipinski definition) is 2. The van der Waals surface area contributed by atoms with Crippen LogP contribution in [0, 0.1) is 12.8 Å². The fourth-order valence-corrected chi connectivity index (χ4v) is 3.01. The first-order chi connectivity index (χ1) is 11.8. The van der Waals surface area contributed by atoms with Crippen molar-refractivity contribution in [1.82, 2.24) is 10.2 Å². The highest BCUT2D eigenvalue weighted by Crippen LogP contribution is 2.24. The lowest BCUT2D eigenvalue weighted by atomic mass is 10.0. The van der Waals surface area contributed by atoms with Gasteiger partial charge in [0.1, 0.15) is 6.04 Å². The molecule has 1 aromatic carbocycles. The van der Waals surface area contributed by atoms with Gasteiger partial charge in [0.15, 0.2) is 0 Å². The summed E-state index contributed by atoms with van der Waals surface area (Å²) in [5.74, 6) is -0.356. The topological polar surface area (TPSA) is 64.7 Å². The molecule has 1 aromatic rings. The second-order valence-electron chi connectivity index (χ2n) is 7.20. The SMILES string of the molecule is CC(=O)NC(C(=O)Nc1ccc(N2CCN(C)CC2)cc1C)C(C)C. The molecule has 6 heteroatoms. The predicted molar refractivity (Wildman–Crippen MR) is 102 cm³/mol. The second-order valence-corrected chi connectivity index (χ2v) is 7.20. The number of amides is 2. The molecule has 6 nitrogen and oxygen atoms in total. The Morgan fingerprint density at radius 3 is 2.28 bits per heavy atom. The van der Waals surface area contributed by atoms with Crippen LogP contribution >= 0.6 is 0 Å². The molecule has 0 saturated carbocycles. The Labute approximate surface area is 150 Å². The first-order valence-corrected chi connectivity index (χ1v) is 8.90. The van der Waals surface area contributed by atoms with Crippen LogP contribution in [0.1, 0.15) is 26.3 Å². The average Bonchev–Trinajstić information content (AvgIpc) is 2.54. The van der Waals surface area contributed by atoms with Gasteiger partial charge in [-0.05, 0) is 43.7 Å². The minimum absolute atomic E-state index is 0.0221. The van der Waals surface area contributed by atoms with Crippen molar-refractivity contribution in [2.24, 2.45) is 5.92 Å². The van der Waals surface area contributed by atoms with E-state index in [9.17, 15) is 9.59 Å². The molecule has 2 rings (SSSR count). The molecule has 138 valence electrons. The Balaban J connectivity index is 2.07. The molecule has 2 N–H and O–H groups in total. The fraction of sp³-hybridized carbons (Fsp3) is 0.579. The van der Waals surface area contributed by atoms with E-state index in [1.54, 1.807) is 0 Å². The maximum atomic E-state index is 12.5. The van der Waals surface area contributed by atoms with E-state index in [1.807, 2.05) is 26.8 Å². The van der Waals surface area contributed by atoms with Crippen molar-refractivity contribution < 1.29 is 9.59 Å². The van der Waals surface area contributed by atoms with E-state index in [0.717, 1.165) is 37.4 Å². The number of carbonyl (C=O) groups excluding carboxylic acids is 2. The van der Waals surface area contributed by atoms with Crippen molar-refractivity contribution in [1.29, 1.82) is 0 Å². The monoisotopic (exact) mass is 346 g/mol. The number of aryl methyl sites for hydroxylation is 1. The van der Waals surface area contributed by atoms with Gasteiger partial charge in [-0.15, -0.1) is 0 Å². The number of piperazine rings is 1. The summed E-state index contributed by atoms with van der Waals surface area (Å²) >= 11 is 0. The molecule has 1 aliphatic heterocycles. The predicted octanol–water partition coefficient (Wildman–Crippen LogP) is 1.85. The third kappa shape index (κ3) is 5.19. The Morgan fingerprint density at radius 1 is 1.12 bits per heavy atom. The summed E-state index contributed by atoms with van der Waals surface area (Å²) in [5.41, 5.74) is 3.00. The van der Waals surface area contributed by atoms with Gasteiger partial charge in [-0.25, -0.2) is 0 Å². The van der Waals surface area contributed by atoms with Crippen molar-refractivity contribution in [3.8, 4) is 0 Å². The van der Waals surface area contributed by atoms with Gasteiger partial charge in [-0.1, -0.05) is 13.8 Å². The summed E-state index contributed by atoms with van der Waals surface area (Å²) in [5, 5.41) is 5.68. The fourth-order valence-electron chi connectivity index (χ4n) is 3.01. The van der Waals surface area contributed by atoms with Gasteiger partial charge in [-0.3, -0.25) is 9.59 Å². The Kier molecular flexibility index (Phi) is 6.42. The number of likely N-dealkylation sites (N-methyl/N-ethyl adjacent to an activating group) is 1. The van der Waals surface area contributed by atoms with E-state index in [-0.39, 0.29) is 17.7 Å². The molecular formula is C19H30N4O2. The van der Waals surface area contributed by atoms with E-state index < -0.39 is 6.04 Å². The highest BCUT2D eigenvalue weighted by Gasteiger charge is 2.23. The molecule has 1 atom stereocenters. The third-order valence-corrected chi connectivity index (χ3v) is 4.64. The van der Waals surface area contributed by atoms with Crippen LogP contribution in [-0.2, 0) is 9.59 Å². The maximum Gasteiger partial charge on any atom is 0.247 e. The summed E-state index contributed by atoms with van der Waals surface area (Å²) in [4.78, 5) is 28.5. The standard InChI is InChI=1S/C19H30N4O2/c1-13(2)18(20-15(4)24)19(25)21-17-7-6-16(12-14(17)3)23-10-8-22(5)9-11-23/h6-7,12-13,18H,8-11H2,1-5H3,(H,20,24)(H,21,25). The Morgan fingerprint density at radius 2 is 1.76 bits per heavy atom. The summed E-state index contributed by atoms with van der Waals surface area (Å²) in [7, 11) is 2.14. The maximum absolute atomic E-state index is 12.5. The number of nitrogens with one attached hydrogen (secondary N) is 2. The van der Waals surface area contributed by atoms with Gasteiger partial charge < -0.3 is 20.4 Å². The Bertz CT molecular complexity index is 622. The van der Waals surface area contributed by atoms with E-state index in [4.69, 9.17) is 0 Å². The molecular weight excluding hydrogens is 316 g/mol. The lowest BCUT2D eigenvalue weighted by molar-refractivity contribution is -0.126. The number of nitrogens with zero attached hydrogens (tertiary/aromatic N) is 2. The smallest absolute Gasteiger partial charge is 0.247 e. The van der Waals surface area contributed by atoms with Gasteiger partial charge in [0.05, 0.1) is 0 Å². The van der Waals surface area contributed by atoms with Crippen LogP contribution < -0.4 is 15.5 Å². The molecule has 1 fully saturated rings. The molecule has 1 saturated heterocycles. The number of benzene rings is 1. The van der Waals surface area contributed by atoms with Crippen molar-refractivity contribution in [2.45, 2.75) is 33.7 Å². The molecule has 25 heavy (non-hydrogen) atoms. The molecule has 2 amide bonds. The van der Waals surface area contributed by atoms with Crippen LogP contribution in [-0.4, -0.2) is 56.0 Å². The number of anilines is 2. The van der Waals surface area contributed by atoms with Crippen LogP contribution in [0.4, 0.5) is 11.4 Å². The van der Waals surface area contributed by atoms with Gasteiger partial charge in [-0.2, -0.15) is 0 Å². The molecule has 1 heterocycles. The van der Waals surface area contributed by atoms with Crippen LogP contribution in [0.5, 0.6) is 0 Å². The molecule has 1 aliphatic rings. The zero-order valence-electron chi connectivity index (χ0n) is 15.9. The van der Waals surface area contributed by atoms with Gasteiger partial charge in [0, 0.05) is 44.5 Å². The Hall–Kier alpha value is -2.08. The highest BCUT2D eigenvalue weighted by atomic mass is 16.2. The second kappa shape index (κ2) is 8.34. The first-order valence-electron chi connectivity index (χ1n) is 8.90. The van der Waals surface area contributed by atoms with Crippen LogP contribution in [0.25, 0.3) is 0 Å². The van der Waals surface area contributed by atoms with Gasteiger partial charge >= 0.3 is 0 Å². The number of rotatable bonds is 5. The molecule has 0 radical (unpaired) electrons. The third-order valence-electron chi connectivity index (χ3n) is 4.64. The van der Waals surface area contributed by atoms with Crippen LogP contribution in [0.15, 0.2) is 18.2 Å². The van der Waals surface area contributed by atoms with E-state index in [1.165, 1.54) is 12.6 Å². The number of hydrogen-bond acceptors (Lipinski definition) is 4. The zero-order chi connectivity index (χ0) is 18.6. The first kappa shape index (κ1) is 19.2. The highest BCUT2D eigenvalue weighted by molar-refractivity contribution is 5.97. The quantitative estimate of drug-likeness (QED) is 0.854. The minimum Gasteiger partial charge on any atom is -0.369 e. The van der Waals surface area contributed by atoms with Crippen LogP contribution in [0.2, 0.25) is 0 Å². The normalized spacial score (nSPS) is 16.6. The molecule has 0 aromatic heterocycles. The summed E-state index contributed by atoms with van der Waals surface area (Å²) in [6.45, 7) is 11.4. The summed E-state index contributed by atoms with van der Waals surface area (Å²) in [6.07, 6.45) is 0. The summed E-state index contributed by atoms with van der Waals surface area (Å²) < 4.78 is 0. The van der Waals surface area contributed by atoms with Gasteiger partial charge in [0.25, 0.3) is 0 Å². The molecule has 1 unspecified atom stereocenters. The van der Waals surface area contributed by atoms with Crippen molar-refractivity contribution in [2.75, 3.05) is 43.4 Å². The largest absolute Gasteiger partial charge is 0.369 e. The zero-order valence-corrected chi connectivity index (χ0v) is 15.9. The lowest BCUT2D eigenvalue weighted by Crippen LogP contribution is -2.46. The minimum atomic E-state index is -0.533. The van der Waals surface area contributed by atoms with E-state index >= 15 is 0 Å². The van der Waals surface area contributed by atoms with E-state index in [2.05, 4.69) is 39.6 Å². The van der Waals surface area contributed by atoms with Crippen LogP contribution in [0.3, 0.4) is 0 Å². The van der Waals surface area contributed by atoms with Crippen molar-refractivity contribution in [3.05, 3.63) is 23.8 Å². The van der Waals surface area contributed by atoms with Crippen molar-refractivity contribution >= 4 is 23.2 Å². The molecule has 0 aliphatic carbocycles.